The van der Waals surface area contributed by atoms with Gasteiger partial charge in [0.05, 0.1) is 18.5 Å². The molecule has 0 aliphatic heterocycles. The molecule has 0 aliphatic rings. The summed E-state index contributed by atoms with van der Waals surface area (Å²) in [5.74, 6) is 0. The Balaban J connectivity index is 0. The van der Waals surface area contributed by atoms with E-state index in [9.17, 15) is 17.3 Å². The van der Waals surface area contributed by atoms with Gasteiger partial charge in [-0.15, -0.1) is 0 Å². The SMILES string of the molecule is CC[PH+](CC)CC.F[B-](F)(F)F. The Morgan fingerprint density at radius 2 is 1.00 bits per heavy atom. The average Bonchev–Trinajstić information content (AvgIpc) is 1.88. The van der Waals surface area contributed by atoms with Crippen LogP contribution in [0.1, 0.15) is 20.8 Å². The quantitative estimate of drug-likeness (QED) is 0.376. The minimum atomic E-state index is -6.00. The molecular formula is C6H16BF4P. The molecule has 0 radical (unpaired) electrons. The second-order valence-corrected chi connectivity index (χ2v) is 5.93. The molecule has 0 atom stereocenters. The van der Waals surface area contributed by atoms with E-state index < -0.39 is 7.25 Å². The fraction of sp³-hybridized carbons (Fsp3) is 1.00. The van der Waals surface area contributed by atoms with Gasteiger partial charge in [0.15, 0.2) is 0 Å². The lowest BCUT2D eigenvalue weighted by Gasteiger charge is -1.98. The number of halogens is 4. The topological polar surface area (TPSA) is 0 Å². The molecule has 0 N–H and O–H groups in total. The third-order valence-corrected chi connectivity index (χ3v) is 4.50. The lowest BCUT2D eigenvalue weighted by molar-refractivity contribution is 0.368. The monoisotopic (exact) mass is 206 g/mol. The molecule has 0 saturated heterocycles. The van der Waals surface area contributed by atoms with Gasteiger partial charge in [0.2, 0.25) is 0 Å². The standard InChI is InChI=1S/C6H15P.BF4/c1-4-7(5-2)6-3;2-1(3,4)5/h4-6H2,1-3H3;/q;-1/p+1. The maximum atomic E-state index is 9.75. The molecule has 0 fully saturated rings. The van der Waals surface area contributed by atoms with Gasteiger partial charge in [0, 0.05) is 0 Å². The first-order valence-electron chi connectivity index (χ1n) is 4.05. The van der Waals surface area contributed by atoms with Crippen LogP contribution in [-0.2, 0) is 0 Å². The van der Waals surface area contributed by atoms with Crippen molar-refractivity contribution in [3.8, 4) is 0 Å². The van der Waals surface area contributed by atoms with E-state index in [1.807, 2.05) is 0 Å². The summed E-state index contributed by atoms with van der Waals surface area (Å²) in [4.78, 5) is 0. The van der Waals surface area contributed by atoms with E-state index >= 15 is 0 Å². The molecule has 0 aromatic carbocycles. The van der Waals surface area contributed by atoms with Crippen LogP contribution in [0.4, 0.5) is 17.3 Å². The first-order chi connectivity index (χ1) is 5.35. The summed E-state index contributed by atoms with van der Waals surface area (Å²) >= 11 is 0. The van der Waals surface area contributed by atoms with Crippen LogP contribution in [0.5, 0.6) is 0 Å². The van der Waals surface area contributed by atoms with E-state index in [0.29, 0.717) is 0 Å². The predicted octanol–water partition coefficient (Wildman–Crippen LogP) is 3.56. The van der Waals surface area contributed by atoms with Crippen LogP contribution in [0.2, 0.25) is 0 Å². The van der Waals surface area contributed by atoms with E-state index in [1.165, 1.54) is 18.5 Å². The summed E-state index contributed by atoms with van der Waals surface area (Å²) in [5.41, 5.74) is 0. The highest BCUT2D eigenvalue weighted by Gasteiger charge is 2.20. The van der Waals surface area contributed by atoms with Gasteiger partial charge in [0.1, 0.15) is 0 Å². The van der Waals surface area contributed by atoms with Gasteiger partial charge in [-0.05, 0) is 28.7 Å². The third-order valence-electron chi connectivity index (χ3n) is 1.50. The van der Waals surface area contributed by atoms with Crippen LogP contribution < -0.4 is 0 Å². The van der Waals surface area contributed by atoms with Crippen molar-refractivity contribution in [1.29, 1.82) is 0 Å². The maximum Gasteiger partial charge on any atom is 0.673 e. The Hall–Kier alpha value is 0.215. The summed E-state index contributed by atoms with van der Waals surface area (Å²) in [6.45, 7) is 6.92. The van der Waals surface area contributed by atoms with Crippen LogP contribution >= 0.6 is 7.92 Å². The molecule has 0 aromatic rings. The molecule has 0 amide bonds. The van der Waals surface area contributed by atoms with Crippen LogP contribution in [0.15, 0.2) is 0 Å². The van der Waals surface area contributed by atoms with Gasteiger partial charge in [-0.3, -0.25) is 0 Å². The van der Waals surface area contributed by atoms with Gasteiger partial charge in [-0.1, -0.05) is 0 Å². The summed E-state index contributed by atoms with van der Waals surface area (Å²) in [7, 11) is -5.86. The Bertz CT molecular complexity index is 80.5. The number of hydrogen-bond donors (Lipinski definition) is 0. The number of hydrogen-bond acceptors (Lipinski definition) is 0. The van der Waals surface area contributed by atoms with E-state index in [4.69, 9.17) is 0 Å². The molecule has 0 rings (SSSR count). The molecule has 6 heteroatoms. The minimum Gasteiger partial charge on any atom is -0.418 e. The van der Waals surface area contributed by atoms with Crippen LogP contribution in [-0.4, -0.2) is 25.7 Å². The van der Waals surface area contributed by atoms with E-state index in [-0.39, 0.29) is 7.92 Å². The second kappa shape index (κ2) is 7.84. The van der Waals surface area contributed by atoms with E-state index in [2.05, 4.69) is 20.8 Å². The summed E-state index contributed by atoms with van der Waals surface area (Å²) in [5, 5.41) is 0. The van der Waals surface area contributed by atoms with Gasteiger partial charge < -0.3 is 17.3 Å². The summed E-state index contributed by atoms with van der Waals surface area (Å²) < 4.78 is 39.0. The van der Waals surface area contributed by atoms with Crippen molar-refractivity contribution < 1.29 is 17.3 Å². The Morgan fingerprint density at radius 1 is 0.833 bits per heavy atom. The molecule has 0 unspecified atom stereocenters. The average molecular weight is 206 g/mol. The van der Waals surface area contributed by atoms with Crippen molar-refractivity contribution in [2.24, 2.45) is 0 Å². The zero-order chi connectivity index (χ0) is 10.2. The molecule has 0 aliphatic carbocycles. The van der Waals surface area contributed by atoms with Gasteiger partial charge >= 0.3 is 7.25 Å². The Kier molecular flexibility index (Phi) is 9.62. The molecule has 0 spiro atoms. The van der Waals surface area contributed by atoms with Gasteiger partial charge in [-0.2, -0.15) is 0 Å². The predicted molar refractivity (Wildman–Crippen MR) is 50.1 cm³/mol. The molecule has 0 saturated carbocycles. The normalized spacial score (nSPS) is 11.0. The van der Waals surface area contributed by atoms with Crippen LogP contribution in [0, 0.1) is 0 Å². The molecule has 0 aromatic heterocycles. The lowest BCUT2D eigenvalue weighted by Crippen LogP contribution is -2.02. The van der Waals surface area contributed by atoms with Gasteiger partial charge in [0.25, 0.3) is 0 Å². The van der Waals surface area contributed by atoms with Crippen molar-refractivity contribution in [3.05, 3.63) is 0 Å². The molecule has 0 nitrogen and oxygen atoms in total. The van der Waals surface area contributed by atoms with Crippen molar-refractivity contribution in [2.45, 2.75) is 20.8 Å². The molecule has 0 heterocycles. The highest BCUT2D eigenvalue weighted by Crippen LogP contribution is 2.32. The highest BCUT2D eigenvalue weighted by atomic mass is 31.1. The second-order valence-electron chi connectivity index (χ2n) is 2.31. The molecule has 76 valence electrons. The zero-order valence-corrected chi connectivity index (χ0v) is 8.71. The zero-order valence-electron chi connectivity index (χ0n) is 7.71. The van der Waals surface area contributed by atoms with E-state index in [0.717, 1.165) is 0 Å². The maximum absolute atomic E-state index is 9.75. The van der Waals surface area contributed by atoms with Crippen molar-refractivity contribution in [2.75, 3.05) is 18.5 Å². The molecule has 12 heavy (non-hydrogen) atoms. The first-order valence-corrected chi connectivity index (χ1v) is 6.18. The lowest BCUT2D eigenvalue weighted by atomic mass is 10.3. The first kappa shape index (κ1) is 14.7. The van der Waals surface area contributed by atoms with Crippen LogP contribution in [0.25, 0.3) is 0 Å². The van der Waals surface area contributed by atoms with E-state index in [1.54, 1.807) is 0 Å². The summed E-state index contributed by atoms with van der Waals surface area (Å²) in [6, 6.07) is 0. The fourth-order valence-electron chi connectivity index (χ4n) is 0.750. The third kappa shape index (κ3) is 22.5. The highest BCUT2D eigenvalue weighted by molar-refractivity contribution is 7.57. The number of rotatable bonds is 3. The smallest absolute Gasteiger partial charge is 0.418 e. The van der Waals surface area contributed by atoms with Crippen molar-refractivity contribution in [3.63, 3.8) is 0 Å². The largest absolute Gasteiger partial charge is 0.673 e. The fourth-order valence-corrected chi connectivity index (χ4v) is 2.25. The molecular weight excluding hydrogens is 190 g/mol. The van der Waals surface area contributed by atoms with Crippen LogP contribution in [0.3, 0.4) is 0 Å². The van der Waals surface area contributed by atoms with Gasteiger partial charge in [-0.25, -0.2) is 0 Å². The van der Waals surface area contributed by atoms with Crippen molar-refractivity contribution >= 4 is 15.2 Å². The molecule has 0 bridgehead atoms. The summed E-state index contributed by atoms with van der Waals surface area (Å²) in [6.07, 6.45) is 4.37. The van der Waals surface area contributed by atoms with Crippen molar-refractivity contribution in [1.82, 2.24) is 0 Å². The minimum absolute atomic E-state index is 0.137. The Morgan fingerprint density at radius 3 is 1.00 bits per heavy atom. The Labute approximate surface area is 72.6 Å².